The molecule has 2 fully saturated rings. The van der Waals surface area contributed by atoms with E-state index in [1.165, 1.54) is 44.9 Å². The molecule has 1 N–H and O–H groups in total. The quantitative estimate of drug-likeness (QED) is 0.670. The molecule has 2 aliphatic rings. The minimum atomic E-state index is 0.344. The summed E-state index contributed by atoms with van der Waals surface area (Å²) in [6.45, 7) is 0. The van der Waals surface area contributed by atoms with Crippen molar-refractivity contribution in [2.24, 2.45) is 0 Å². The summed E-state index contributed by atoms with van der Waals surface area (Å²) in [6.07, 6.45) is 9.54. The highest BCUT2D eigenvalue weighted by Gasteiger charge is 2.37. The van der Waals surface area contributed by atoms with Crippen LogP contribution < -0.4 is 5.32 Å². The fraction of sp³-hybridized carbons (Fsp3) is 1.00. The second kappa shape index (κ2) is 3.55. The molecule has 2 saturated carbocycles. The zero-order valence-electron chi connectivity index (χ0n) is 7.61. The smallest absolute Gasteiger partial charge is 0.0406 e. The van der Waals surface area contributed by atoms with Gasteiger partial charge in [-0.2, -0.15) is 0 Å². The van der Waals surface area contributed by atoms with Gasteiger partial charge in [-0.05, 0) is 32.1 Å². The second-order valence-electron chi connectivity index (χ2n) is 4.39. The number of hydrogen-bond donors (Lipinski definition) is 1. The van der Waals surface area contributed by atoms with Crippen molar-refractivity contribution in [1.82, 2.24) is 5.32 Å². The summed E-state index contributed by atoms with van der Waals surface area (Å²) < 4.78 is 0. The number of halogens is 1. The maximum Gasteiger partial charge on any atom is 0.0406 e. The Balaban J connectivity index is 1.83. The fourth-order valence-corrected chi connectivity index (χ4v) is 2.77. The van der Waals surface area contributed by atoms with Gasteiger partial charge in [-0.15, -0.1) is 11.6 Å². The van der Waals surface area contributed by atoms with Crippen molar-refractivity contribution in [2.75, 3.05) is 5.88 Å². The van der Waals surface area contributed by atoms with E-state index < -0.39 is 0 Å². The predicted octanol–water partition coefficient (Wildman–Crippen LogP) is 2.68. The Hall–Kier alpha value is 0.250. The maximum atomic E-state index is 5.98. The minimum Gasteiger partial charge on any atom is -0.307 e. The summed E-state index contributed by atoms with van der Waals surface area (Å²) in [7, 11) is 0. The van der Waals surface area contributed by atoms with Gasteiger partial charge < -0.3 is 5.32 Å². The molecule has 0 saturated heterocycles. The third kappa shape index (κ3) is 1.62. The van der Waals surface area contributed by atoms with E-state index in [1.54, 1.807) is 0 Å². The van der Waals surface area contributed by atoms with Gasteiger partial charge in [0.2, 0.25) is 0 Å². The minimum absolute atomic E-state index is 0.344. The van der Waals surface area contributed by atoms with Crippen LogP contribution in [-0.4, -0.2) is 17.5 Å². The van der Waals surface area contributed by atoms with E-state index in [9.17, 15) is 0 Å². The summed E-state index contributed by atoms with van der Waals surface area (Å²) in [4.78, 5) is 0. The average Bonchev–Trinajstić information content (AvgIpc) is 2.49. The molecule has 0 aromatic carbocycles. The summed E-state index contributed by atoms with van der Waals surface area (Å²) >= 11 is 5.98. The van der Waals surface area contributed by atoms with Crippen molar-refractivity contribution < 1.29 is 0 Å². The lowest BCUT2D eigenvalue weighted by Gasteiger charge is -2.43. The number of alkyl halides is 1. The third-order valence-corrected chi connectivity index (χ3v) is 3.94. The first kappa shape index (κ1) is 8.83. The summed E-state index contributed by atoms with van der Waals surface area (Å²) in [5.74, 6) is 0.809. The van der Waals surface area contributed by atoms with E-state index in [-0.39, 0.29) is 0 Å². The van der Waals surface area contributed by atoms with E-state index in [1.807, 2.05) is 0 Å². The zero-order valence-corrected chi connectivity index (χ0v) is 8.37. The second-order valence-corrected chi connectivity index (χ2v) is 4.66. The fourth-order valence-electron chi connectivity index (χ4n) is 2.42. The molecule has 12 heavy (non-hydrogen) atoms. The molecular weight excluding hydrogens is 170 g/mol. The van der Waals surface area contributed by atoms with Crippen LogP contribution in [0.15, 0.2) is 0 Å². The van der Waals surface area contributed by atoms with E-state index in [4.69, 9.17) is 11.6 Å². The standard InChI is InChI=1S/C10H18ClN/c11-8-10(6-3-7-10)12-9-4-1-2-5-9/h9,12H,1-8H2. The van der Waals surface area contributed by atoms with Crippen LogP contribution in [0.2, 0.25) is 0 Å². The van der Waals surface area contributed by atoms with Crippen LogP contribution in [0.25, 0.3) is 0 Å². The van der Waals surface area contributed by atoms with Crippen molar-refractivity contribution in [3.05, 3.63) is 0 Å². The molecule has 0 aliphatic heterocycles. The first-order valence-corrected chi connectivity index (χ1v) is 5.72. The van der Waals surface area contributed by atoms with Gasteiger partial charge in [-0.1, -0.05) is 12.8 Å². The summed E-state index contributed by atoms with van der Waals surface area (Å²) in [6, 6.07) is 0.782. The SMILES string of the molecule is ClCC1(NC2CCCC2)CCC1. The largest absolute Gasteiger partial charge is 0.307 e. The van der Waals surface area contributed by atoms with Gasteiger partial charge in [-0.3, -0.25) is 0 Å². The predicted molar refractivity (Wildman–Crippen MR) is 52.7 cm³/mol. The number of rotatable bonds is 3. The van der Waals surface area contributed by atoms with E-state index in [2.05, 4.69) is 5.32 Å². The van der Waals surface area contributed by atoms with Crippen LogP contribution in [-0.2, 0) is 0 Å². The zero-order chi connectivity index (χ0) is 8.44. The Bertz CT molecular complexity index is 142. The lowest BCUT2D eigenvalue weighted by molar-refractivity contribution is 0.189. The van der Waals surface area contributed by atoms with Crippen LogP contribution >= 0.6 is 11.6 Å². The highest BCUT2D eigenvalue weighted by Crippen LogP contribution is 2.35. The Morgan fingerprint density at radius 3 is 2.25 bits per heavy atom. The van der Waals surface area contributed by atoms with Gasteiger partial charge in [-0.25, -0.2) is 0 Å². The van der Waals surface area contributed by atoms with Gasteiger partial charge in [0.25, 0.3) is 0 Å². The number of nitrogens with one attached hydrogen (secondary N) is 1. The molecule has 0 atom stereocenters. The molecule has 0 unspecified atom stereocenters. The molecule has 0 radical (unpaired) electrons. The molecule has 0 amide bonds. The third-order valence-electron chi connectivity index (χ3n) is 3.43. The normalized spacial score (nSPS) is 28.8. The van der Waals surface area contributed by atoms with Gasteiger partial charge >= 0.3 is 0 Å². The van der Waals surface area contributed by atoms with Crippen molar-refractivity contribution in [2.45, 2.75) is 56.5 Å². The maximum absolute atomic E-state index is 5.98. The molecule has 0 bridgehead atoms. The van der Waals surface area contributed by atoms with Crippen molar-refractivity contribution in [1.29, 1.82) is 0 Å². The topological polar surface area (TPSA) is 12.0 Å². The van der Waals surface area contributed by atoms with Crippen LogP contribution in [0.4, 0.5) is 0 Å². The van der Waals surface area contributed by atoms with Crippen LogP contribution in [0.3, 0.4) is 0 Å². The highest BCUT2D eigenvalue weighted by atomic mass is 35.5. The molecule has 2 heteroatoms. The molecule has 70 valence electrons. The molecule has 0 spiro atoms. The molecule has 2 rings (SSSR count). The van der Waals surface area contributed by atoms with Crippen LogP contribution in [0.5, 0.6) is 0 Å². The molecular formula is C10H18ClN. The average molecular weight is 188 g/mol. The van der Waals surface area contributed by atoms with E-state index in [0.717, 1.165) is 11.9 Å². The van der Waals surface area contributed by atoms with Crippen LogP contribution in [0, 0.1) is 0 Å². The van der Waals surface area contributed by atoms with Gasteiger partial charge in [0, 0.05) is 17.5 Å². The highest BCUT2D eigenvalue weighted by molar-refractivity contribution is 6.18. The van der Waals surface area contributed by atoms with E-state index >= 15 is 0 Å². The molecule has 1 nitrogen and oxygen atoms in total. The Kier molecular flexibility index (Phi) is 2.61. The monoisotopic (exact) mass is 187 g/mol. The van der Waals surface area contributed by atoms with Crippen molar-refractivity contribution in [3.8, 4) is 0 Å². The molecule has 0 aromatic rings. The van der Waals surface area contributed by atoms with Crippen molar-refractivity contribution >= 4 is 11.6 Å². The molecule has 0 aromatic heterocycles. The molecule has 2 aliphatic carbocycles. The first-order chi connectivity index (χ1) is 5.85. The molecule has 0 heterocycles. The van der Waals surface area contributed by atoms with E-state index in [0.29, 0.717) is 5.54 Å². The number of hydrogen-bond acceptors (Lipinski definition) is 1. The Morgan fingerprint density at radius 2 is 1.83 bits per heavy atom. The summed E-state index contributed by atoms with van der Waals surface area (Å²) in [5.41, 5.74) is 0.344. The Morgan fingerprint density at radius 1 is 1.17 bits per heavy atom. The Labute approximate surface area is 79.9 Å². The lowest BCUT2D eigenvalue weighted by Crippen LogP contribution is -2.55. The first-order valence-electron chi connectivity index (χ1n) is 5.18. The van der Waals surface area contributed by atoms with Gasteiger partial charge in [0.1, 0.15) is 0 Å². The lowest BCUT2D eigenvalue weighted by atomic mass is 9.77. The van der Waals surface area contributed by atoms with Gasteiger partial charge in [0.05, 0.1) is 0 Å². The summed E-state index contributed by atoms with van der Waals surface area (Å²) in [5, 5.41) is 3.75. The van der Waals surface area contributed by atoms with Crippen LogP contribution in [0.1, 0.15) is 44.9 Å². The van der Waals surface area contributed by atoms with Gasteiger partial charge in [0.15, 0.2) is 0 Å². The van der Waals surface area contributed by atoms with Crippen molar-refractivity contribution in [3.63, 3.8) is 0 Å².